The van der Waals surface area contributed by atoms with Crippen LogP contribution in [0.2, 0.25) is 0 Å². The van der Waals surface area contributed by atoms with Gasteiger partial charge in [0.05, 0.1) is 13.7 Å². The van der Waals surface area contributed by atoms with Crippen molar-refractivity contribution in [3.05, 3.63) is 12.5 Å². The van der Waals surface area contributed by atoms with E-state index in [-0.39, 0.29) is 49.0 Å². The maximum absolute atomic E-state index is 9.42. The molecule has 0 radical (unpaired) electrons. The lowest BCUT2D eigenvalue weighted by molar-refractivity contribution is -0.671. The van der Waals surface area contributed by atoms with Gasteiger partial charge in [-0.3, -0.25) is 0 Å². The quantitative estimate of drug-likeness (QED) is 0.397. The van der Waals surface area contributed by atoms with Crippen LogP contribution >= 0.6 is 0 Å². The van der Waals surface area contributed by atoms with Gasteiger partial charge in [-0.15, -0.1) is 0 Å². The molecule has 2 fully saturated rings. The van der Waals surface area contributed by atoms with E-state index in [9.17, 15) is 5.11 Å². The van der Waals surface area contributed by atoms with Crippen molar-refractivity contribution in [2.45, 2.75) is 44.2 Å². The van der Waals surface area contributed by atoms with Crippen LogP contribution in [0.4, 0.5) is 5.82 Å². The molecule has 3 heterocycles. The summed E-state index contributed by atoms with van der Waals surface area (Å²) in [7, 11) is 1.89. The molecule has 2 aliphatic heterocycles. The molecule has 0 aromatic carbocycles. The molecule has 1 aromatic heterocycles. The summed E-state index contributed by atoms with van der Waals surface area (Å²) in [4.78, 5) is 0. The Kier molecular flexibility index (Phi) is 4.32. The summed E-state index contributed by atoms with van der Waals surface area (Å²) in [6, 6.07) is 0. The number of ether oxygens (including phenoxy) is 3. The number of hydrogen-bond donors (Lipinski definition) is 2. The number of halogens is 1. The van der Waals surface area contributed by atoms with Gasteiger partial charge in [-0.1, -0.05) is 0 Å². The molecule has 0 aliphatic carbocycles. The van der Waals surface area contributed by atoms with Crippen LogP contribution in [-0.2, 0) is 21.3 Å². The third kappa shape index (κ3) is 2.54. The number of anilines is 1. The lowest BCUT2D eigenvalue weighted by atomic mass is 10.1. The first-order chi connectivity index (χ1) is 8.91. The molecular formula is C12H20IN3O4. The molecule has 0 spiro atoms. The zero-order chi connectivity index (χ0) is 13.8. The van der Waals surface area contributed by atoms with E-state index in [1.165, 1.54) is 0 Å². The van der Waals surface area contributed by atoms with E-state index in [1.807, 2.05) is 31.8 Å². The van der Waals surface area contributed by atoms with Crippen molar-refractivity contribution in [1.29, 1.82) is 0 Å². The molecule has 3 N–H and O–H groups in total. The number of hydrogen-bond acceptors (Lipinski definition) is 5. The molecular weight excluding hydrogens is 377 g/mol. The molecule has 1 aromatic rings. The minimum atomic E-state index is -0.672. The van der Waals surface area contributed by atoms with E-state index < -0.39 is 11.9 Å². The first-order valence-corrected chi connectivity index (χ1v) is 6.36. The Morgan fingerprint density at radius 3 is 2.60 bits per heavy atom. The van der Waals surface area contributed by atoms with Gasteiger partial charge < -0.3 is 49.0 Å². The van der Waals surface area contributed by atoms with E-state index in [1.54, 1.807) is 10.8 Å². The Morgan fingerprint density at radius 2 is 2.05 bits per heavy atom. The van der Waals surface area contributed by atoms with Crippen LogP contribution in [-0.4, -0.2) is 40.4 Å². The number of nitrogen functional groups attached to an aromatic ring is 1. The smallest absolute Gasteiger partial charge is 0.247 e. The van der Waals surface area contributed by atoms with Gasteiger partial charge in [-0.05, 0) is 13.8 Å². The van der Waals surface area contributed by atoms with Crippen molar-refractivity contribution in [1.82, 2.24) is 4.57 Å². The second kappa shape index (κ2) is 5.41. The molecule has 0 unspecified atom stereocenters. The van der Waals surface area contributed by atoms with Crippen molar-refractivity contribution in [2.24, 2.45) is 7.05 Å². The van der Waals surface area contributed by atoms with Crippen LogP contribution in [0.3, 0.4) is 0 Å². The Bertz CT molecular complexity index is 493. The van der Waals surface area contributed by atoms with Gasteiger partial charge in [0.25, 0.3) is 0 Å². The Labute approximate surface area is 134 Å². The monoisotopic (exact) mass is 397 g/mol. The Morgan fingerprint density at radius 1 is 1.40 bits per heavy atom. The molecule has 20 heavy (non-hydrogen) atoms. The van der Waals surface area contributed by atoms with E-state index in [2.05, 4.69) is 0 Å². The number of aromatic nitrogens is 2. The number of nitrogens with two attached hydrogens (primary N) is 1. The van der Waals surface area contributed by atoms with Gasteiger partial charge in [-0.25, -0.2) is 4.57 Å². The van der Waals surface area contributed by atoms with Crippen molar-refractivity contribution >= 4 is 5.82 Å². The van der Waals surface area contributed by atoms with Crippen LogP contribution < -0.4 is 34.3 Å². The fourth-order valence-corrected chi connectivity index (χ4v) is 2.81. The van der Waals surface area contributed by atoms with Crippen molar-refractivity contribution in [3.63, 3.8) is 0 Å². The highest BCUT2D eigenvalue weighted by Crippen LogP contribution is 2.43. The summed E-state index contributed by atoms with van der Waals surface area (Å²) in [6.07, 6.45) is 2.30. The van der Waals surface area contributed by atoms with Crippen LogP contribution in [0.5, 0.6) is 0 Å². The standard InChI is InChI=1S/C12H20N3O4.HI/c1-12(2)18-9-7(5-16)17-11(10(9)19-12)15-6-14(3)4-8(15)13;/h4,6-7,9-11,16H,5,13H2,1-3H3;1H/q+1;/p-1/t7-,9-,10-,11-;/m1./s1. The zero-order valence-corrected chi connectivity index (χ0v) is 13.9. The molecule has 2 aliphatic rings. The van der Waals surface area contributed by atoms with Gasteiger partial charge in [0.1, 0.15) is 12.2 Å². The van der Waals surface area contributed by atoms with Gasteiger partial charge in [0, 0.05) is 0 Å². The molecule has 4 atom stereocenters. The topological polar surface area (TPSA) is 82.8 Å². The molecule has 7 nitrogen and oxygen atoms in total. The molecule has 114 valence electrons. The summed E-state index contributed by atoms with van der Waals surface area (Å²) >= 11 is 0. The van der Waals surface area contributed by atoms with Crippen LogP contribution in [0.15, 0.2) is 12.5 Å². The van der Waals surface area contributed by atoms with Gasteiger partial charge >= 0.3 is 0 Å². The number of rotatable bonds is 2. The largest absolute Gasteiger partial charge is 1.00 e. The average molecular weight is 397 g/mol. The fourth-order valence-electron chi connectivity index (χ4n) is 2.81. The number of imidazole rings is 1. The number of aryl methyl sites for hydroxylation is 1. The van der Waals surface area contributed by atoms with Crippen LogP contribution in [0.25, 0.3) is 0 Å². The molecule has 8 heteroatoms. The molecule has 2 saturated heterocycles. The molecule has 3 rings (SSSR count). The second-order valence-corrected chi connectivity index (χ2v) is 5.55. The van der Waals surface area contributed by atoms with E-state index >= 15 is 0 Å². The van der Waals surface area contributed by atoms with Gasteiger partial charge in [0.15, 0.2) is 18.1 Å². The lowest BCUT2D eigenvalue weighted by Gasteiger charge is -2.22. The first kappa shape index (κ1) is 16.0. The molecule has 0 saturated carbocycles. The summed E-state index contributed by atoms with van der Waals surface area (Å²) in [5.41, 5.74) is 5.96. The highest BCUT2D eigenvalue weighted by Gasteiger charge is 2.57. The van der Waals surface area contributed by atoms with Crippen molar-refractivity contribution < 1.29 is 47.9 Å². The minimum Gasteiger partial charge on any atom is -1.00 e. The Balaban J connectivity index is 0.00000147. The zero-order valence-electron chi connectivity index (χ0n) is 11.7. The second-order valence-electron chi connectivity index (χ2n) is 5.55. The molecule has 0 amide bonds. The van der Waals surface area contributed by atoms with Gasteiger partial charge in [0.2, 0.25) is 18.4 Å². The maximum Gasteiger partial charge on any atom is 0.247 e. The minimum absolute atomic E-state index is 0. The fraction of sp³-hybridized carbons (Fsp3) is 0.750. The summed E-state index contributed by atoms with van der Waals surface area (Å²) < 4.78 is 21.2. The van der Waals surface area contributed by atoms with E-state index in [0.29, 0.717) is 5.82 Å². The number of nitrogens with zero attached hydrogens (tertiary/aromatic N) is 2. The van der Waals surface area contributed by atoms with Crippen molar-refractivity contribution in [3.8, 4) is 0 Å². The van der Waals surface area contributed by atoms with Gasteiger partial charge in [-0.2, -0.15) is 4.57 Å². The maximum atomic E-state index is 9.42. The predicted molar refractivity (Wildman–Crippen MR) is 64.8 cm³/mol. The predicted octanol–water partition coefficient (Wildman–Crippen LogP) is -3.69. The van der Waals surface area contributed by atoms with Crippen molar-refractivity contribution in [2.75, 3.05) is 12.3 Å². The SMILES string of the molecule is C[n+]1cc(N)n([C@@H]2O[C@H](CO)[C@H]3OC(C)(C)O[C@H]32)c1.[I-]. The lowest BCUT2D eigenvalue weighted by Crippen LogP contribution is -3.00. The van der Waals surface area contributed by atoms with E-state index in [0.717, 1.165) is 0 Å². The average Bonchev–Trinajstić information content (AvgIpc) is 2.89. The van der Waals surface area contributed by atoms with Crippen LogP contribution in [0, 0.1) is 0 Å². The summed E-state index contributed by atoms with van der Waals surface area (Å²) in [5.74, 6) is -0.0901. The third-order valence-corrected chi connectivity index (χ3v) is 3.52. The normalized spacial score (nSPS) is 34.8. The Hall–Kier alpha value is -0.420. The number of fused-ring (bicyclic) bond motifs is 1. The highest BCUT2D eigenvalue weighted by molar-refractivity contribution is 5.23. The number of aliphatic hydroxyl groups excluding tert-OH is 1. The van der Waals surface area contributed by atoms with Crippen LogP contribution in [0.1, 0.15) is 20.1 Å². The first-order valence-electron chi connectivity index (χ1n) is 6.36. The summed E-state index contributed by atoms with van der Waals surface area (Å²) in [5, 5.41) is 9.42. The number of aliphatic hydroxyl groups is 1. The third-order valence-electron chi connectivity index (χ3n) is 3.52. The molecule has 0 bridgehead atoms. The summed E-state index contributed by atoms with van der Waals surface area (Å²) in [6.45, 7) is 3.61. The van der Waals surface area contributed by atoms with E-state index in [4.69, 9.17) is 19.9 Å². The highest BCUT2D eigenvalue weighted by atomic mass is 127.